The summed E-state index contributed by atoms with van der Waals surface area (Å²) in [5.41, 5.74) is -0.108. The molecule has 28 heavy (non-hydrogen) atoms. The van der Waals surface area contributed by atoms with Crippen LogP contribution in [0.3, 0.4) is 0 Å². The predicted octanol–water partition coefficient (Wildman–Crippen LogP) is 2.97. The van der Waals surface area contributed by atoms with Crippen LogP contribution in [-0.2, 0) is 9.53 Å². The number of alkyl halides is 2. The molecule has 1 N–H and O–H groups in total. The van der Waals surface area contributed by atoms with Gasteiger partial charge in [-0.05, 0) is 43.3 Å². The lowest BCUT2D eigenvalue weighted by Gasteiger charge is -2.13. The Morgan fingerprint density at radius 1 is 1.04 bits per heavy atom. The number of ether oxygens (including phenoxy) is 2. The molecule has 0 aliphatic carbocycles. The van der Waals surface area contributed by atoms with E-state index in [0.717, 1.165) is 6.07 Å². The van der Waals surface area contributed by atoms with Gasteiger partial charge < -0.3 is 14.8 Å². The normalized spacial score (nSPS) is 11.6. The molecule has 0 aromatic heterocycles. The largest absolute Gasteiger partial charge is 0.453 e. The van der Waals surface area contributed by atoms with Crippen molar-refractivity contribution < 1.29 is 37.0 Å². The van der Waals surface area contributed by atoms with Gasteiger partial charge in [-0.3, -0.25) is 14.4 Å². The van der Waals surface area contributed by atoms with Crippen LogP contribution in [0.2, 0.25) is 0 Å². The summed E-state index contributed by atoms with van der Waals surface area (Å²) in [6, 6.07) is 10.1. The maximum atomic E-state index is 13.5. The number of carbonyl (C=O) groups excluding carboxylic acids is 3. The highest BCUT2D eigenvalue weighted by Crippen LogP contribution is 2.16. The molecule has 1 atom stereocenters. The monoisotopic (exact) mass is 395 g/mol. The molecule has 148 valence electrons. The van der Waals surface area contributed by atoms with Gasteiger partial charge in [0.05, 0.1) is 5.56 Å². The Labute approximate surface area is 158 Å². The molecule has 2 rings (SSSR count). The van der Waals surface area contributed by atoms with E-state index in [2.05, 4.69) is 10.1 Å². The molecule has 0 heterocycles. The van der Waals surface area contributed by atoms with Crippen molar-refractivity contribution >= 4 is 17.7 Å². The molecule has 0 aliphatic heterocycles. The number of ketones is 1. The van der Waals surface area contributed by atoms with Gasteiger partial charge in [0.25, 0.3) is 5.91 Å². The van der Waals surface area contributed by atoms with Crippen LogP contribution in [0.15, 0.2) is 48.5 Å². The average Bonchev–Trinajstić information content (AvgIpc) is 2.66. The zero-order chi connectivity index (χ0) is 20.7. The van der Waals surface area contributed by atoms with E-state index < -0.39 is 42.7 Å². The Balaban J connectivity index is 1.86. The number of benzene rings is 2. The molecule has 0 aliphatic rings. The van der Waals surface area contributed by atoms with Crippen molar-refractivity contribution in [3.05, 3.63) is 65.5 Å². The van der Waals surface area contributed by atoms with Gasteiger partial charge in [0.1, 0.15) is 18.1 Å². The smallest absolute Gasteiger partial charge is 0.387 e. The fraction of sp³-hybridized carbons (Fsp3) is 0.211. The van der Waals surface area contributed by atoms with Crippen LogP contribution in [0.1, 0.15) is 27.6 Å². The average molecular weight is 395 g/mol. The number of rotatable bonds is 8. The third-order valence-electron chi connectivity index (χ3n) is 3.55. The lowest BCUT2D eigenvalue weighted by atomic mass is 10.1. The molecule has 9 heteroatoms. The van der Waals surface area contributed by atoms with Crippen LogP contribution in [0.25, 0.3) is 0 Å². The summed E-state index contributed by atoms with van der Waals surface area (Å²) < 4.78 is 46.8. The molecule has 0 fully saturated rings. The number of carbonyl (C=O) groups is 3. The molecule has 1 amide bonds. The first kappa shape index (κ1) is 20.9. The third-order valence-corrected chi connectivity index (χ3v) is 3.55. The first-order chi connectivity index (χ1) is 13.3. The number of amides is 1. The molecule has 6 nitrogen and oxygen atoms in total. The van der Waals surface area contributed by atoms with E-state index in [1.165, 1.54) is 49.4 Å². The van der Waals surface area contributed by atoms with Gasteiger partial charge in [-0.2, -0.15) is 8.78 Å². The van der Waals surface area contributed by atoms with E-state index in [1.54, 1.807) is 0 Å². The number of esters is 1. The van der Waals surface area contributed by atoms with Crippen LogP contribution < -0.4 is 10.1 Å². The quantitative estimate of drug-likeness (QED) is 0.549. The molecule has 2 aromatic carbocycles. The minimum absolute atomic E-state index is 0.118. The van der Waals surface area contributed by atoms with Crippen LogP contribution in [0, 0.1) is 5.82 Å². The van der Waals surface area contributed by atoms with Crippen LogP contribution >= 0.6 is 0 Å². The van der Waals surface area contributed by atoms with Crippen molar-refractivity contribution in [3.8, 4) is 5.75 Å². The topological polar surface area (TPSA) is 81.7 Å². The van der Waals surface area contributed by atoms with Gasteiger partial charge in [-0.25, -0.2) is 4.39 Å². The zero-order valence-corrected chi connectivity index (χ0v) is 14.7. The van der Waals surface area contributed by atoms with Crippen LogP contribution in [-0.4, -0.2) is 36.9 Å². The van der Waals surface area contributed by atoms with E-state index >= 15 is 0 Å². The Morgan fingerprint density at radius 3 is 2.29 bits per heavy atom. The van der Waals surface area contributed by atoms with Crippen molar-refractivity contribution in [3.63, 3.8) is 0 Å². The molecule has 0 radical (unpaired) electrons. The van der Waals surface area contributed by atoms with Gasteiger partial charge in [0, 0.05) is 5.56 Å². The first-order valence-corrected chi connectivity index (χ1v) is 8.09. The Hall–Kier alpha value is -3.36. The summed E-state index contributed by atoms with van der Waals surface area (Å²) in [4.78, 5) is 35.8. The molecule has 2 aromatic rings. The number of nitrogens with one attached hydrogen (secondary N) is 1. The molecule has 0 saturated carbocycles. The summed E-state index contributed by atoms with van der Waals surface area (Å²) in [7, 11) is 0. The van der Waals surface area contributed by atoms with Crippen molar-refractivity contribution in [2.24, 2.45) is 0 Å². The molecule has 0 saturated heterocycles. The van der Waals surface area contributed by atoms with Gasteiger partial charge >= 0.3 is 12.6 Å². The van der Waals surface area contributed by atoms with Crippen molar-refractivity contribution in [1.29, 1.82) is 0 Å². The summed E-state index contributed by atoms with van der Waals surface area (Å²) in [6.45, 7) is -2.23. The van der Waals surface area contributed by atoms with E-state index in [1.807, 2.05) is 0 Å². The zero-order valence-electron chi connectivity index (χ0n) is 14.7. The van der Waals surface area contributed by atoms with Gasteiger partial charge in [0.2, 0.25) is 5.78 Å². The van der Waals surface area contributed by atoms with E-state index in [4.69, 9.17) is 4.74 Å². The summed E-state index contributed by atoms with van der Waals surface area (Å²) >= 11 is 0. The Bertz CT molecular complexity index is 855. The number of halogens is 3. The Kier molecular flexibility index (Phi) is 7.14. The molecular formula is C19H16F3NO5. The summed E-state index contributed by atoms with van der Waals surface area (Å²) in [5, 5.41) is 2.20. The number of hydrogen-bond acceptors (Lipinski definition) is 5. The van der Waals surface area contributed by atoms with E-state index in [9.17, 15) is 27.6 Å². The number of Topliss-reactive ketones (excluding diaryl/α,β-unsaturated/α-hetero) is 1. The SMILES string of the molecule is C[C@H](OC(=O)CNC(=O)c1ccccc1F)C(=O)c1ccc(OC(F)F)cc1. The van der Waals surface area contributed by atoms with Gasteiger partial charge in [-0.15, -0.1) is 0 Å². The summed E-state index contributed by atoms with van der Waals surface area (Å²) in [5.74, 6) is -3.13. The molecular weight excluding hydrogens is 379 g/mol. The minimum Gasteiger partial charge on any atom is -0.453 e. The standard InChI is InChI=1S/C19H16F3NO5/c1-11(17(25)12-6-8-13(9-7-12)28-19(21)22)27-16(24)10-23-18(26)14-4-2-3-5-15(14)20/h2-9,11,19H,10H2,1H3,(H,23,26)/t11-/m0/s1. The fourth-order valence-electron chi connectivity index (χ4n) is 2.22. The Morgan fingerprint density at radius 2 is 1.68 bits per heavy atom. The second-order valence-corrected chi connectivity index (χ2v) is 5.56. The van der Waals surface area contributed by atoms with Crippen LogP contribution in [0.5, 0.6) is 5.75 Å². The maximum absolute atomic E-state index is 13.5. The van der Waals surface area contributed by atoms with Crippen molar-refractivity contribution in [1.82, 2.24) is 5.32 Å². The summed E-state index contributed by atoms with van der Waals surface area (Å²) in [6.07, 6.45) is -1.18. The number of hydrogen-bond donors (Lipinski definition) is 1. The lowest BCUT2D eigenvalue weighted by Crippen LogP contribution is -2.34. The maximum Gasteiger partial charge on any atom is 0.387 e. The molecule has 0 spiro atoms. The predicted molar refractivity (Wildman–Crippen MR) is 91.7 cm³/mol. The van der Waals surface area contributed by atoms with Crippen molar-refractivity contribution in [2.45, 2.75) is 19.6 Å². The van der Waals surface area contributed by atoms with E-state index in [-0.39, 0.29) is 16.9 Å². The first-order valence-electron chi connectivity index (χ1n) is 8.09. The van der Waals surface area contributed by atoms with E-state index in [0.29, 0.717) is 0 Å². The third kappa shape index (κ3) is 5.83. The molecule has 0 unspecified atom stereocenters. The highest BCUT2D eigenvalue weighted by atomic mass is 19.3. The second-order valence-electron chi connectivity index (χ2n) is 5.56. The highest BCUT2D eigenvalue weighted by molar-refractivity contribution is 6.00. The van der Waals surface area contributed by atoms with Gasteiger partial charge in [-0.1, -0.05) is 12.1 Å². The van der Waals surface area contributed by atoms with Gasteiger partial charge in [0.15, 0.2) is 6.10 Å². The lowest BCUT2D eigenvalue weighted by molar-refractivity contribution is -0.145. The van der Waals surface area contributed by atoms with Crippen molar-refractivity contribution in [2.75, 3.05) is 6.54 Å². The minimum atomic E-state index is -2.99. The second kappa shape index (κ2) is 9.54. The van der Waals surface area contributed by atoms with Crippen LogP contribution in [0.4, 0.5) is 13.2 Å². The fourth-order valence-corrected chi connectivity index (χ4v) is 2.22. The molecule has 0 bridgehead atoms. The highest BCUT2D eigenvalue weighted by Gasteiger charge is 2.20.